The maximum absolute atomic E-state index is 14.1. The highest BCUT2D eigenvalue weighted by molar-refractivity contribution is 5.97. The number of hydrogen-bond donors (Lipinski definition) is 0. The summed E-state index contributed by atoms with van der Waals surface area (Å²) in [6, 6.07) is 11.5. The summed E-state index contributed by atoms with van der Waals surface area (Å²) in [4.78, 5) is 43.5. The summed E-state index contributed by atoms with van der Waals surface area (Å²) in [5.74, 6) is -1.21. The van der Waals surface area contributed by atoms with Crippen molar-refractivity contribution >= 4 is 28.6 Å². The van der Waals surface area contributed by atoms with Gasteiger partial charge in [0.2, 0.25) is 5.91 Å². The number of carbonyl (C=O) groups is 2. The van der Waals surface area contributed by atoms with Crippen molar-refractivity contribution in [3.05, 3.63) is 64.4 Å². The topological polar surface area (TPSA) is 79.0 Å². The van der Waals surface area contributed by atoms with Gasteiger partial charge in [-0.05, 0) is 43.2 Å². The minimum Gasteiger partial charge on any atom is -0.408 e. The normalized spacial score (nSPS) is 16.6. The third-order valence-corrected chi connectivity index (χ3v) is 6.43. The van der Waals surface area contributed by atoms with Gasteiger partial charge in [-0.2, -0.15) is 0 Å². The van der Waals surface area contributed by atoms with Gasteiger partial charge in [-0.3, -0.25) is 14.2 Å². The number of hydrogen-bond acceptors (Lipinski definition) is 5. The van der Waals surface area contributed by atoms with E-state index in [2.05, 4.69) is 0 Å². The number of likely N-dealkylation sites (tertiary alicyclic amines) is 1. The molecule has 0 N–H and O–H groups in total. The lowest BCUT2D eigenvalue weighted by atomic mass is 10.2. The fraction of sp³-hybridized carbons (Fsp3) is 0.375. The van der Waals surface area contributed by atoms with Crippen LogP contribution in [0.3, 0.4) is 0 Å². The molecule has 9 heteroatoms. The molecule has 172 valence electrons. The number of halogens is 1. The van der Waals surface area contributed by atoms with E-state index in [1.54, 1.807) is 46.2 Å². The van der Waals surface area contributed by atoms with Crippen molar-refractivity contribution in [2.24, 2.45) is 0 Å². The van der Waals surface area contributed by atoms with E-state index < -0.39 is 5.76 Å². The average Bonchev–Trinajstić information content (AvgIpc) is 3.47. The molecule has 2 aliphatic heterocycles. The smallest absolute Gasteiger partial charge is 0.408 e. The van der Waals surface area contributed by atoms with Crippen molar-refractivity contribution < 1.29 is 18.4 Å². The van der Waals surface area contributed by atoms with E-state index in [4.69, 9.17) is 4.42 Å². The quantitative estimate of drug-likeness (QED) is 0.607. The minimum absolute atomic E-state index is 0.0785. The number of aromatic nitrogens is 1. The molecular weight excluding hydrogens is 427 g/mol. The Morgan fingerprint density at radius 3 is 2.36 bits per heavy atom. The van der Waals surface area contributed by atoms with E-state index in [1.807, 2.05) is 4.90 Å². The molecule has 8 nitrogen and oxygen atoms in total. The molecule has 3 aromatic rings. The molecule has 2 aromatic carbocycles. The van der Waals surface area contributed by atoms with Crippen LogP contribution in [0, 0.1) is 5.82 Å². The summed E-state index contributed by atoms with van der Waals surface area (Å²) < 4.78 is 20.6. The van der Waals surface area contributed by atoms with Gasteiger partial charge in [0, 0.05) is 44.8 Å². The number of benzene rings is 2. The molecular formula is C24H25FN4O4. The lowest BCUT2D eigenvalue weighted by molar-refractivity contribution is -0.132. The van der Waals surface area contributed by atoms with E-state index in [-0.39, 0.29) is 24.2 Å². The number of oxazole rings is 1. The largest absolute Gasteiger partial charge is 0.420 e. The second-order valence-electron chi connectivity index (χ2n) is 8.46. The Balaban J connectivity index is 1.30. The summed E-state index contributed by atoms with van der Waals surface area (Å²) in [5.41, 5.74) is 1.78. The summed E-state index contributed by atoms with van der Waals surface area (Å²) in [6.07, 6.45) is 1.98. The second kappa shape index (κ2) is 8.73. The van der Waals surface area contributed by atoms with Gasteiger partial charge in [0.25, 0.3) is 5.91 Å². The van der Waals surface area contributed by atoms with Gasteiger partial charge in [0.15, 0.2) is 5.58 Å². The second-order valence-corrected chi connectivity index (χ2v) is 8.46. The van der Waals surface area contributed by atoms with E-state index >= 15 is 0 Å². The molecule has 2 saturated heterocycles. The van der Waals surface area contributed by atoms with Gasteiger partial charge in [-0.1, -0.05) is 12.1 Å². The number of anilines is 1. The third-order valence-electron chi connectivity index (χ3n) is 6.43. The van der Waals surface area contributed by atoms with Crippen molar-refractivity contribution in [2.75, 3.05) is 44.2 Å². The van der Waals surface area contributed by atoms with Gasteiger partial charge in [0.1, 0.15) is 12.4 Å². The van der Waals surface area contributed by atoms with Gasteiger partial charge >= 0.3 is 5.76 Å². The molecule has 0 aliphatic carbocycles. The van der Waals surface area contributed by atoms with Crippen molar-refractivity contribution in [2.45, 2.75) is 19.4 Å². The monoisotopic (exact) mass is 452 g/mol. The highest BCUT2D eigenvalue weighted by Crippen LogP contribution is 2.21. The number of piperazine rings is 1. The van der Waals surface area contributed by atoms with Crippen LogP contribution in [0.1, 0.15) is 23.2 Å². The van der Waals surface area contributed by atoms with Crippen molar-refractivity contribution in [1.82, 2.24) is 14.4 Å². The van der Waals surface area contributed by atoms with Crippen LogP contribution in [0.15, 0.2) is 51.7 Å². The molecule has 0 radical (unpaired) electrons. The molecule has 5 rings (SSSR count). The lowest BCUT2D eigenvalue weighted by Gasteiger charge is -2.36. The molecule has 0 spiro atoms. The molecule has 33 heavy (non-hydrogen) atoms. The van der Waals surface area contributed by atoms with Crippen LogP contribution in [0.5, 0.6) is 0 Å². The maximum atomic E-state index is 14.1. The summed E-state index contributed by atoms with van der Waals surface area (Å²) in [6.45, 7) is 3.14. The Kier molecular flexibility index (Phi) is 5.62. The number of amides is 2. The first-order valence-corrected chi connectivity index (χ1v) is 11.2. The maximum Gasteiger partial charge on any atom is 0.420 e. The van der Waals surface area contributed by atoms with Crippen LogP contribution >= 0.6 is 0 Å². The zero-order valence-electron chi connectivity index (χ0n) is 18.2. The number of fused-ring (bicyclic) bond motifs is 1. The van der Waals surface area contributed by atoms with Crippen LogP contribution in [0.4, 0.5) is 10.1 Å². The lowest BCUT2D eigenvalue weighted by Crippen LogP contribution is -2.50. The fourth-order valence-corrected chi connectivity index (χ4v) is 4.59. The van der Waals surface area contributed by atoms with Crippen LogP contribution in [-0.2, 0) is 11.3 Å². The van der Waals surface area contributed by atoms with Crippen molar-refractivity contribution in [1.29, 1.82) is 0 Å². The predicted molar refractivity (Wildman–Crippen MR) is 121 cm³/mol. The van der Waals surface area contributed by atoms with Crippen molar-refractivity contribution in [3.8, 4) is 0 Å². The molecule has 1 aromatic heterocycles. The predicted octanol–water partition coefficient (Wildman–Crippen LogP) is 2.32. The van der Waals surface area contributed by atoms with Gasteiger partial charge < -0.3 is 19.1 Å². The standard InChI is InChI=1S/C24H25FN4O4/c25-18-5-1-2-6-19(18)26-11-13-27(14-12-26)22(30)16-29-20-15-17(7-8-21(20)33-24(29)32)23(31)28-9-3-4-10-28/h1-2,5-8,15H,3-4,9-14,16H2. The zero-order chi connectivity index (χ0) is 22.9. The summed E-state index contributed by atoms with van der Waals surface area (Å²) >= 11 is 0. The molecule has 0 bridgehead atoms. The Morgan fingerprint density at radius 1 is 0.909 bits per heavy atom. The summed E-state index contributed by atoms with van der Waals surface area (Å²) in [5, 5.41) is 0. The Bertz CT molecular complexity index is 1250. The molecule has 0 atom stereocenters. The molecule has 2 fully saturated rings. The van der Waals surface area contributed by atoms with Gasteiger partial charge in [-0.15, -0.1) is 0 Å². The molecule has 0 saturated carbocycles. The molecule has 0 unspecified atom stereocenters. The Hall–Kier alpha value is -3.62. The first kappa shape index (κ1) is 21.2. The first-order valence-electron chi connectivity index (χ1n) is 11.2. The highest BCUT2D eigenvalue weighted by Gasteiger charge is 2.25. The van der Waals surface area contributed by atoms with Crippen molar-refractivity contribution in [3.63, 3.8) is 0 Å². The summed E-state index contributed by atoms with van der Waals surface area (Å²) in [7, 11) is 0. The average molecular weight is 452 g/mol. The Labute approximate surface area is 189 Å². The van der Waals surface area contributed by atoms with E-state index in [0.29, 0.717) is 48.5 Å². The number of carbonyl (C=O) groups excluding carboxylic acids is 2. The first-order chi connectivity index (χ1) is 16.0. The number of nitrogens with zero attached hydrogens (tertiary/aromatic N) is 4. The SMILES string of the molecule is O=C(Cn1c(=O)oc2ccc(C(=O)N3CCCC3)cc21)N1CCN(c2ccccc2F)CC1. The van der Waals surface area contributed by atoms with E-state index in [0.717, 1.165) is 25.9 Å². The van der Waals surface area contributed by atoms with Gasteiger partial charge in [0.05, 0.1) is 11.2 Å². The fourth-order valence-electron chi connectivity index (χ4n) is 4.59. The highest BCUT2D eigenvalue weighted by atomic mass is 19.1. The van der Waals surface area contributed by atoms with Crippen LogP contribution in [0.25, 0.3) is 11.1 Å². The minimum atomic E-state index is -0.630. The van der Waals surface area contributed by atoms with Crippen LogP contribution < -0.4 is 10.7 Å². The van der Waals surface area contributed by atoms with E-state index in [9.17, 15) is 18.8 Å². The van der Waals surface area contributed by atoms with Crippen LogP contribution in [0.2, 0.25) is 0 Å². The molecule has 2 aliphatic rings. The molecule has 2 amide bonds. The number of rotatable bonds is 4. The Morgan fingerprint density at radius 2 is 1.64 bits per heavy atom. The number of para-hydroxylation sites is 1. The van der Waals surface area contributed by atoms with E-state index in [1.165, 1.54) is 10.6 Å². The van der Waals surface area contributed by atoms with Crippen LogP contribution in [-0.4, -0.2) is 65.4 Å². The van der Waals surface area contributed by atoms with Gasteiger partial charge in [-0.25, -0.2) is 9.18 Å². The zero-order valence-corrected chi connectivity index (χ0v) is 18.2. The molecule has 3 heterocycles. The third kappa shape index (κ3) is 4.10.